The number of nitrogens with zero attached hydrogens (tertiary/aromatic N) is 1. The second kappa shape index (κ2) is 6.28. The summed E-state index contributed by atoms with van der Waals surface area (Å²) in [5, 5.41) is 13.1. The topological polar surface area (TPSA) is 72.2 Å². The van der Waals surface area contributed by atoms with Crippen LogP contribution in [-0.2, 0) is 11.2 Å². The van der Waals surface area contributed by atoms with Gasteiger partial charge in [-0.05, 0) is 5.56 Å². The van der Waals surface area contributed by atoms with E-state index in [2.05, 4.69) is 11.2 Å². The summed E-state index contributed by atoms with van der Waals surface area (Å²) in [6.45, 7) is 0.447. The number of nitrogens with one attached hydrogen (secondary N) is 1. The summed E-state index contributed by atoms with van der Waals surface area (Å²) in [5.74, 6) is 2.27. The highest BCUT2D eigenvalue weighted by atomic mass is 16.6. The van der Waals surface area contributed by atoms with Crippen LogP contribution >= 0.6 is 0 Å². The van der Waals surface area contributed by atoms with Gasteiger partial charge in [0, 0.05) is 25.1 Å². The lowest BCUT2D eigenvalue weighted by Crippen LogP contribution is -2.25. The molecule has 1 aromatic rings. The maximum absolute atomic E-state index is 11.4. The SMILES string of the molecule is C#CCCNC(=O)Cc1ccc([N+](=O)[O-])cc1. The van der Waals surface area contributed by atoms with E-state index in [1.165, 1.54) is 12.1 Å². The quantitative estimate of drug-likeness (QED) is 0.359. The van der Waals surface area contributed by atoms with Gasteiger partial charge < -0.3 is 5.32 Å². The zero-order valence-electron chi connectivity index (χ0n) is 9.18. The molecule has 0 bridgehead atoms. The molecular weight excluding hydrogens is 220 g/mol. The van der Waals surface area contributed by atoms with Gasteiger partial charge in [-0.3, -0.25) is 14.9 Å². The summed E-state index contributed by atoms with van der Waals surface area (Å²) in [5.41, 5.74) is 0.746. The fourth-order valence-electron chi connectivity index (χ4n) is 1.26. The Labute approximate surface area is 99.0 Å². The van der Waals surface area contributed by atoms with Crippen LogP contribution in [0.1, 0.15) is 12.0 Å². The van der Waals surface area contributed by atoms with Crippen molar-refractivity contribution in [1.29, 1.82) is 0 Å². The minimum Gasteiger partial charge on any atom is -0.355 e. The molecule has 0 aliphatic rings. The summed E-state index contributed by atoms with van der Waals surface area (Å²) in [4.78, 5) is 21.3. The van der Waals surface area contributed by atoms with Crippen molar-refractivity contribution in [2.45, 2.75) is 12.8 Å². The lowest BCUT2D eigenvalue weighted by molar-refractivity contribution is -0.384. The van der Waals surface area contributed by atoms with Gasteiger partial charge in [0.2, 0.25) is 5.91 Å². The van der Waals surface area contributed by atoms with E-state index in [0.29, 0.717) is 13.0 Å². The number of carbonyl (C=O) groups is 1. The first kappa shape index (κ1) is 12.7. The summed E-state index contributed by atoms with van der Waals surface area (Å²) >= 11 is 0. The predicted octanol–water partition coefficient (Wildman–Crippen LogP) is 1.28. The van der Waals surface area contributed by atoms with Crippen molar-refractivity contribution in [2.24, 2.45) is 0 Å². The molecule has 0 aliphatic carbocycles. The van der Waals surface area contributed by atoms with Crippen LogP contribution in [0.2, 0.25) is 0 Å². The number of hydrogen-bond donors (Lipinski definition) is 1. The van der Waals surface area contributed by atoms with Gasteiger partial charge in [-0.15, -0.1) is 12.3 Å². The third-order valence-corrected chi connectivity index (χ3v) is 2.10. The van der Waals surface area contributed by atoms with Gasteiger partial charge in [0.05, 0.1) is 11.3 Å². The standard InChI is InChI=1S/C12H12N2O3/c1-2-3-8-13-12(15)9-10-4-6-11(7-5-10)14(16)17/h1,4-7H,3,8-9H2,(H,13,15). The van der Waals surface area contributed by atoms with E-state index in [4.69, 9.17) is 6.42 Å². The third kappa shape index (κ3) is 4.34. The number of nitro benzene ring substituents is 1. The van der Waals surface area contributed by atoms with Gasteiger partial charge in [0.1, 0.15) is 0 Å². The highest BCUT2D eigenvalue weighted by molar-refractivity contribution is 5.78. The number of nitro groups is 1. The van der Waals surface area contributed by atoms with E-state index < -0.39 is 4.92 Å². The summed E-state index contributed by atoms with van der Waals surface area (Å²) in [6.07, 6.45) is 5.74. The Balaban J connectivity index is 2.49. The molecule has 0 saturated heterocycles. The van der Waals surface area contributed by atoms with E-state index in [-0.39, 0.29) is 18.0 Å². The number of amides is 1. The van der Waals surface area contributed by atoms with Crippen LogP contribution < -0.4 is 5.32 Å². The molecule has 17 heavy (non-hydrogen) atoms. The molecule has 0 aliphatic heterocycles. The van der Waals surface area contributed by atoms with Crippen molar-refractivity contribution in [2.75, 3.05) is 6.54 Å². The van der Waals surface area contributed by atoms with Crippen LogP contribution in [0.15, 0.2) is 24.3 Å². The van der Waals surface area contributed by atoms with E-state index in [1.807, 2.05) is 0 Å². The highest BCUT2D eigenvalue weighted by Crippen LogP contribution is 2.12. The van der Waals surface area contributed by atoms with Crippen molar-refractivity contribution in [3.8, 4) is 12.3 Å². The Bertz CT molecular complexity index is 446. The van der Waals surface area contributed by atoms with Crippen molar-refractivity contribution in [1.82, 2.24) is 5.32 Å². The van der Waals surface area contributed by atoms with E-state index in [0.717, 1.165) is 5.56 Å². The molecule has 0 fully saturated rings. The number of non-ortho nitro benzene ring substituents is 1. The molecule has 0 spiro atoms. The molecule has 1 rings (SSSR count). The molecule has 0 heterocycles. The zero-order valence-corrected chi connectivity index (χ0v) is 9.18. The number of terminal acetylenes is 1. The third-order valence-electron chi connectivity index (χ3n) is 2.10. The molecule has 5 heteroatoms. The monoisotopic (exact) mass is 232 g/mol. The van der Waals surface area contributed by atoms with Crippen molar-refractivity contribution < 1.29 is 9.72 Å². The number of benzene rings is 1. The fraction of sp³-hybridized carbons (Fsp3) is 0.250. The Morgan fingerprint density at radius 1 is 1.41 bits per heavy atom. The Hall–Kier alpha value is -2.35. The molecule has 1 N–H and O–H groups in total. The largest absolute Gasteiger partial charge is 0.355 e. The molecule has 0 aromatic heterocycles. The predicted molar refractivity (Wildman–Crippen MR) is 63.3 cm³/mol. The molecule has 1 amide bonds. The lowest BCUT2D eigenvalue weighted by atomic mass is 10.1. The zero-order chi connectivity index (χ0) is 12.7. The van der Waals surface area contributed by atoms with Crippen LogP contribution in [0.5, 0.6) is 0 Å². The maximum atomic E-state index is 11.4. The van der Waals surface area contributed by atoms with Crippen LogP contribution in [-0.4, -0.2) is 17.4 Å². The molecular formula is C12H12N2O3. The summed E-state index contributed by atoms with van der Waals surface area (Å²) in [7, 11) is 0. The molecule has 0 radical (unpaired) electrons. The first-order chi connectivity index (χ1) is 8.13. The average molecular weight is 232 g/mol. The molecule has 1 aromatic carbocycles. The number of hydrogen-bond acceptors (Lipinski definition) is 3. The second-order valence-corrected chi connectivity index (χ2v) is 3.40. The summed E-state index contributed by atoms with van der Waals surface area (Å²) < 4.78 is 0. The van der Waals surface area contributed by atoms with Gasteiger partial charge in [0.15, 0.2) is 0 Å². The van der Waals surface area contributed by atoms with Crippen LogP contribution in [0.25, 0.3) is 0 Å². The number of rotatable bonds is 5. The van der Waals surface area contributed by atoms with Crippen LogP contribution in [0.3, 0.4) is 0 Å². The van der Waals surface area contributed by atoms with Crippen molar-refractivity contribution in [3.05, 3.63) is 39.9 Å². The second-order valence-electron chi connectivity index (χ2n) is 3.40. The smallest absolute Gasteiger partial charge is 0.269 e. The first-order valence-corrected chi connectivity index (χ1v) is 5.07. The molecule has 0 atom stereocenters. The molecule has 88 valence electrons. The van der Waals surface area contributed by atoms with Gasteiger partial charge in [-0.1, -0.05) is 12.1 Å². The Kier molecular flexibility index (Phi) is 4.70. The fourth-order valence-corrected chi connectivity index (χ4v) is 1.26. The van der Waals surface area contributed by atoms with E-state index in [1.54, 1.807) is 12.1 Å². The van der Waals surface area contributed by atoms with Gasteiger partial charge >= 0.3 is 0 Å². The first-order valence-electron chi connectivity index (χ1n) is 5.07. The average Bonchev–Trinajstić information content (AvgIpc) is 2.30. The van der Waals surface area contributed by atoms with Crippen LogP contribution in [0, 0.1) is 22.5 Å². The van der Waals surface area contributed by atoms with Crippen LogP contribution in [0.4, 0.5) is 5.69 Å². The lowest BCUT2D eigenvalue weighted by Gasteiger charge is -2.02. The Morgan fingerprint density at radius 2 is 2.06 bits per heavy atom. The van der Waals surface area contributed by atoms with E-state index >= 15 is 0 Å². The highest BCUT2D eigenvalue weighted by Gasteiger charge is 2.06. The normalized spacial score (nSPS) is 9.35. The Morgan fingerprint density at radius 3 is 2.59 bits per heavy atom. The molecule has 5 nitrogen and oxygen atoms in total. The summed E-state index contributed by atoms with van der Waals surface area (Å²) in [6, 6.07) is 5.89. The minimum atomic E-state index is -0.475. The molecule has 0 saturated carbocycles. The van der Waals surface area contributed by atoms with Gasteiger partial charge in [-0.2, -0.15) is 0 Å². The van der Waals surface area contributed by atoms with Gasteiger partial charge in [-0.25, -0.2) is 0 Å². The molecule has 0 unspecified atom stereocenters. The minimum absolute atomic E-state index is 0.0153. The maximum Gasteiger partial charge on any atom is 0.269 e. The van der Waals surface area contributed by atoms with Gasteiger partial charge in [0.25, 0.3) is 5.69 Å². The number of carbonyl (C=O) groups excluding carboxylic acids is 1. The van der Waals surface area contributed by atoms with E-state index in [9.17, 15) is 14.9 Å². The van der Waals surface area contributed by atoms with Crippen molar-refractivity contribution >= 4 is 11.6 Å². The van der Waals surface area contributed by atoms with Crippen molar-refractivity contribution in [3.63, 3.8) is 0 Å².